The maximum Gasteiger partial charge on any atom is 0.241 e. The van der Waals surface area contributed by atoms with Crippen molar-refractivity contribution in [3.8, 4) is 11.5 Å². The van der Waals surface area contributed by atoms with Gasteiger partial charge in [0.15, 0.2) is 11.5 Å². The molecule has 140 valence electrons. The van der Waals surface area contributed by atoms with E-state index in [4.69, 9.17) is 9.47 Å². The van der Waals surface area contributed by atoms with E-state index in [9.17, 15) is 13.2 Å². The van der Waals surface area contributed by atoms with Crippen molar-refractivity contribution in [3.63, 3.8) is 0 Å². The first-order chi connectivity index (χ1) is 13.0. The van der Waals surface area contributed by atoms with Crippen LogP contribution in [-0.2, 0) is 16.6 Å². The van der Waals surface area contributed by atoms with E-state index in [0.29, 0.717) is 35.2 Å². The van der Waals surface area contributed by atoms with Crippen LogP contribution < -0.4 is 14.2 Å². The molecular formula is C18H15NO5S3. The summed E-state index contributed by atoms with van der Waals surface area (Å²) in [4.78, 5) is 13.8. The van der Waals surface area contributed by atoms with Crippen LogP contribution in [0.15, 0.2) is 52.1 Å². The molecule has 0 spiro atoms. The highest BCUT2D eigenvalue weighted by Gasteiger charge is 2.20. The Hall–Kier alpha value is -2.20. The molecule has 0 aliphatic carbocycles. The third-order valence-corrected chi connectivity index (χ3v) is 7.10. The molecule has 1 N–H and O–H groups in total. The summed E-state index contributed by atoms with van der Waals surface area (Å²) >= 11 is 2.74. The fourth-order valence-electron chi connectivity index (χ4n) is 2.57. The predicted octanol–water partition coefficient (Wildman–Crippen LogP) is 3.29. The number of sulfonamides is 1. The third-order valence-electron chi connectivity index (χ3n) is 3.93. The first-order valence-corrected chi connectivity index (χ1v) is 11.3. The molecule has 0 fully saturated rings. The van der Waals surface area contributed by atoms with Crippen molar-refractivity contribution in [2.24, 2.45) is 0 Å². The molecule has 0 saturated carbocycles. The van der Waals surface area contributed by atoms with Gasteiger partial charge in [-0.05, 0) is 35.7 Å². The predicted molar refractivity (Wildman–Crippen MR) is 104 cm³/mol. The van der Waals surface area contributed by atoms with E-state index in [1.807, 2.05) is 5.38 Å². The van der Waals surface area contributed by atoms with Gasteiger partial charge in [-0.1, -0.05) is 0 Å². The smallest absolute Gasteiger partial charge is 0.241 e. The van der Waals surface area contributed by atoms with Crippen LogP contribution in [0.3, 0.4) is 0 Å². The zero-order valence-corrected chi connectivity index (χ0v) is 16.5. The molecule has 1 aliphatic heterocycles. The summed E-state index contributed by atoms with van der Waals surface area (Å²) in [6, 6.07) is 9.78. The second kappa shape index (κ2) is 7.43. The van der Waals surface area contributed by atoms with Gasteiger partial charge in [0, 0.05) is 28.4 Å². The van der Waals surface area contributed by atoms with E-state index in [1.165, 1.54) is 34.8 Å². The topological polar surface area (TPSA) is 81.7 Å². The van der Waals surface area contributed by atoms with Crippen LogP contribution in [0.5, 0.6) is 11.5 Å². The van der Waals surface area contributed by atoms with Crippen molar-refractivity contribution >= 4 is 38.5 Å². The van der Waals surface area contributed by atoms with Gasteiger partial charge in [-0.15, -0.1) is 11.3 Å². The molecule has 0 amide bonds. The van der Waals surface area contributed by atoms with E-state index in [0.717, 1.165) is 4.88 Å². The molecule has 27 heavy (non-hydrogen) atoms. The molecule has 3 heterocycles. The van der Waals surface area contributed by atoms with Gasteiger partial charge >= 0.3 is 0 Å². The standard InChI is InChI=1S/C18H15NO5S3/c20-18(12-5-8-25-11-12)17-4-1-13(26-17)10-19-27(21,22)14-2-3-15-16(9-14)24-7-6-23-15/h1-5,8-9,11,19H,6-7,10H2. The van der Waals surface area contributed by atoms with Crippen LogP contribution in [0.4, 0.5) is 0 Å². The van der Waals surface area contributed by atoms with Gasteiger partial charge in [0.25, 0.3) is 0 Å². The lowest BCUT2D eigenvalue weighted by Crippen LogP contribution is -2.23. The van der Waals surface area contributed by atoms with Crippen LogP contribution >= 0.6 is 22.7 Å². The van der Waals surface area contributed by atoms with Gasteiger partial charge in [0.05, 0.1) is 9.77 Å². The average molecular weight is 422 g/mol. The van der Waals surface area contributed by atoms with Crippen molar-refractivity contribution in [1.29, 1.82) is 0 Å². The molecule has 0 radical (unpaired) electrons. The van der Waals surface area contributed by atoms with Gasteiger partial charge in [-0.3, -0.25) is 4.79 Å². The zero-order valence-electron chi connectivity index (χ0n) is 14.0. The van der Waals surface area contributed by atoms with Crippen LogP contribution in [0.2, 0.25) is 0 Å². The number of carbonyl (C=O) groups excluding carboxylic acids is 1. The van der Waals surface area contributed by atoms with E-state index in [2.05, 4.69) is 4.72 Å². The molecule has 1 aromatic carbocycles. The minimum Gasteiger partial charge on any atom is -0.486 e. The molecular weight excluding hydrogens is 406 g/mol. The van der Waals surface area contributed by atoms with Gasteiger partial charge < -0.3 is 9.47 Å². The summed E-state index contributed by atoms with van der Waals surface area (Å²) in [7, 11) is -3.71. The summed E-state index contributed by atoms with van der Waals surface area (Å²) in [5.74, 6) is 0.904. The number of hydrogen-bond donors (Lipinski definition) is 1. The van der Waals surface area contributed by atoms with Gasteiger partial charge in [-0.2, -0.15) is 11.3 Å². The minimum atomic E-state index is -3.71. The largest absolute Gasteiger partial charge is 0.486 e. The number of ether oxygens (including phenoxy) is 2. The normalized spacial score (nSPS) is 13.5. The number of hydrogen-bond acceptors (Lipinski definition) is 7. The van der Waals surface area contributed by atoms with Gasteiger partial charge in [0.2, 0.25) is 15.8 Å². The maximum atomic E-state index is 12.6. The number of benzene rings is 1. The van der Waals surface area contributed by atoms with Crippen LogP contribution in [0.1, 0.15) is 20.1 Å². The lowest BCUT2D eigenvalue weighted by molar-refractivity contribution is 0.104. The van der Waals surface area contributed by atoms with E-state index in [-0.39, 0.29) is 17.2 Å². The quantitative estimate of drug-likeness (QED) is 0.618. The summed E-state index contributed by atoms with van der Waals surface area (Å²) < 4.78 is 38.5. The zero-order chi connectivity index (χ0) is 18.9. The van der Waals surface area contributed by atoms with Crippen molar-refractivity contribution in [2.75, 3.05) is 13.2 Å². The Bertz CT molecular complexity index is 1070. The van der Waals surface area contributed by atoms with Crippen molar-refractivity contribution in [2.45, 2.75) is 11.4 Å². The Morgan fingerprint density at radius 2 is 1.89 bits per heavy atom. The highest BCUT2D eigenvalue weighted by atomic mass is 32.2. The van der Waals surface area contributed by atoms with Crippen LogP contribution in [-0.4, -0.2) is 27.4 Å². The number of thiophene rings is 2. The van der Waals surface area contributed by atoms with E-state index >= 15 is 0 Å². The third kappa shape index (κ3) is 3.91. The Balaban J connectivity index is 1.46. The first kappa shape index (κ1) is 18.2. The summed E-state index contributed by atoms with van der Waals surface area (Å²) in [6.07, 6.45) is 0. The van der Waals surface area contributed by atoms with Crippen molar-refractivity contribution in [1.82, 2.24) is 4.72 Å². The minimum absolute atomic E-state index is 0.0535. The summed E-state index contributed by atoms with van der Waals surface area (Å²) in [5.41, 5.74) is 0.644. The molecule has 9 heteroatoms. The Morgan fingerprint density at radius 1 is 1.07 bits per heavy atom. The highest BCUT2D eigenvalue weighted by molar-refractivity contribution is 7.89. The van der Waals surface area contributed by atoms with Crippen LogP contribution in [0, 0.1) is 0 Å². The molecule has 1 aliphatic rings. The van der Waals surface area contributed by atoms with Gasteiger partial charge in [0.1, 0.15) is 13.2 Å². The molecule has 0 saturated heterocycles. The summed E-state index contributed by atoms with van der Waals surface area (Å²) in [6.45, 7) is 0.945. The lowest BCUT2D eigenvalue weighted by Gasteiger charge is -2.18. The van der Waals surface area contributed by atoms with Gasteiger partial charge in [-0.25, -0.2) is 13.1 Å². The van der Waals surface area contributed by atoms with Crippen molar-refractivity contribution < 1.29 is 22.7 Å². The monoisotopic (exact) mass is 421 g/mol. The molecule has 4 rings (SSSR count). The Morgan fingerprint density at radius 3 is 2.67 bits per heavy atom. The van der Waals surface area contributed by atoms with E-state index < -0.39 is 10.0 Å². The van der Waals surface area contributed by atoms with Crippen molar-refractivity contribution in [3.05, 3.63) is 62.5 Å². The number of nitrogens with one attached hydrogen (secondary N) is 1. The first-order valence-electron chi connectivity index (χ1n) is 8.08. The molecule has 6 nitrogen and oxygen atoms in total. The molecule has 0 atom stereocenters. The average Bonchev–Trinajstić information content (AvgIpc) is 3.37. The molecule has 3 aromatic rings. The number of rotatable bonds is 6. The van der Waals surface area contributed by atoms with E-state index in [1.54, 1.807) is 29.6 Å². The van der Waals surface area contributed by atoms with Crippen LogP contribution in [0.25, 0.3) is 0 Å². The fraction of sp³-hybridized carbons (Fsp3) is 0.167. The second-order valence-electron chi connectivity index (χ2n) is 5.74. The molecule has 2 aromatic heterocycles. The number of ketones is 1. The number of fused-ring (bicyclic) bond motifs is 1. The Kier molecular flexibility index (Phi) is 5.00. The molecule has 0 bridgehead atoms. The maximum absolute atomic E-state index is 12.6. The lowest BCUT2D eigenvalue weighted by atomic mass is 10.2. The Labute approximate surface area is 164 Å². The summed E-state index contributed by atoms with van der Waals surface area (Å²) in [5, 5.41) is 3.65. The fourth-order valence-corrected chi connectivity index (χ4v) is 5.23. The number of carbonyl (C=O) groups is 1. The molecule has 0 unspecified atom stereocenters. The second-order valence-corrected chi connectivity index (χ2v) is 9.45. The SMILES string of the molecule is O=C(c1ccsc1)c1ccc(CNS(=O)(=O)c2ccc3c(c2)OCCO3)s1. The highest BCUT2D eigenvalue weighted by Crippen LogP contribution is 2.32.